The number of ether oxygens (including phenoxy) is 1. The molecule has 2 N–H and O–H groups in total. The number of hydrogen-bond donors (Lipinski definition) is 2. The van der Waals surface area contributed by atoms with Crippen LogP contribution in [0.25, 0.3) is 0 Å². The van der Waals surface area contributed by atoms with E-state index in [1.54, 1.807) is 7.11 Å². The second kappa shape index (κ2) is 7.17. The van der Waals surface area contributed by atoms with Gasteiger partial charge in [-0.1, -0.05) is 18.2 Å². The second-order valence-corrected chi connectivity index (χ2v) is 5.78. The summed E-state index contributed by atoms with van der Waals surface area (Å²) in [7, 11) is 1.63. The Bertz CT molecular complexity index is 771. The summed E-state index contributed by atoms with van der Waals surface area (Å²) in [6.45, 7) is 0. The largest absolute Gasteiger partial charge is 0.496 e. The third-order valence-corrected chi connectivity index (χ3v) is 4.10. The Morgan fingerprint density at radius 1 is 1.21 bits per heavy atom. The van der Waals surface area contributed by atoms with E-state index in [-0.39, 0.29) is 11.8 Å². The molecule has 0 saturated heterocycles. The molecule has 0 saturated carbocycles. The van der Waals surface area contributed by atoms with E-state index in [1.807, 2.05) is 42.5 Å². The van der Waals surface area contributed by atoms with Crippen molar-refractivity contribution in [3.63, 3.8) is 0 Å². The molecule has 3 rings (SSSR count). The molecule has 0 unspecified atom stereocenters. The molecule has 2 aromatic carbocycles. The fourth-order valence-electron chi connectivity index (χ4n) is 2.84. The minimum atomic E-state index is -0.0410. The van der Waals surface area contributed by atoms with Crippen molar-refractivity contribution in [1.29, 1.82) is 0 Å². The molecule has 0 spiro atoms. The Balaban J connectivity index is 1.60. The van der Waals surface area contributed by atoms with Crippen molar-refractivity contribution in [2.45, 2.75) is 25.7 Å². The monoisotopic (exact) mass is 324 g/mol. The standard InChI is InChI=1S/C19H20N2O3/c1-24-17-5-3-2-4-13(17)6-10-18(22)20-15-8-9-16-14(12-15)7-11-19(23)21-16/h2-5,8-9,12H,6-7,10-11H2,1H3,(H,20,22)(H,21,23). The van der Waals surface area contributed by atoms with E-state index in [4.69, 9.17) is 4.74 Å². The molecule has 24 heavy (non-hydrogen) atoms. The lowest BCUT2D eigenvalue weighted by molar-refractivity contribution is -0.117. The topological polar surface area (TPSA) is 67.4 Å². The molecule has 2 aromatic rings. The minimum absolute atomic E-state index is 0.0380. The van der Waals surface area contributed by atoms with Crippen LogP contribution in [0.2, 0.25) is 0 Å². The highest BCUT2D eigenvalue weighted by Crippen LogP contribution is 2.26. The highest BCUT2D eigenvalue weighted by molar-refractivity contribution is 5.95. The summed E-state index contributed by atoms with van der Waals surface area (Å²) in [5.74, 6) is 0.798. The Hall–Kier alpha value is -2.82. The molecule has 1 aliphatic rings. The van der Waals surface area contributed by atoms with Gasteiger partial charge in [-0.05, 0) is 48.2 Å². The van der Waals surface area contributed by atoms with Gasteiger partial charge in [0, 0.05) is 24.2 Å². The van der Waals surface area contributed by atoms with Crippen molar-refractivity contribution in [3.8, 4) is 5.75 Å². The average molecular weight is 324 g/mol. The highest BCUT2D eigenvalue weighted by Gasteiger charge is 2.15. The predicted octanol–water partition coefficient (Wildman–Crippen LogP) is 3.15. The molecule has 0 aliphatic carbocycles. The Morgan fingerprint density at radius 3 is 2.88 bits per heavy atom. The zero-order valence-corrected chi connectivity index (χ0v) is 13.6. The molecule has 0 radical (unpaired) electrons. The van der Waals surface area contributed by atoms with Crippen LogP contribution in [-0.4, -0.2) is 18.9 Å². The number of amides is 2. The van der Waals surface area contributed by atoms with Crippen molar-refractivity contribution < 1.29 is 14.3 Å². The van der Waals surface area contributed by atoms with Crippen LogP contribution in [0.4, 0.5) is 11.4 Å². The van der Waals surface area contributed by atoms with Gasteiger partial charge in [-0.15, -0.1) is 0 Å². The highest BCUT2D eigenvalue weighted by atomic mass is 16.5. The van der Waals surface area contributed by atoms with Gasteiger partial charge in [-0.3, -0.25) is 9.59 Å². The second-order valence-electron chi connectivity index (χ2n) is 5.78. The number of para-hydroxylation sites is 1. The van der Waals surface area contributed by atoms with E-state index in [0.29, 0.717) is 25.7 Å². The molecule has 124 valence electrons. The van der Waals surface area contributed by atoms with Gasteiger partial charge < -0.3 is 15.4 Å². The number of methoxy groups -OCH3 is 1. The summed E-state index contributed by atoms with van der Waals surface area (Å²) < 4.78 is 5.30. The molecule has 0 aromatic heterocycles. The van der Waals surface area contributed by atoms with Crippen molar-refractivity contribution in [1.82, 2.24) is 0 Å². The van der Waals surface area contributed by atoms with Crippen LogP contribution in [0, 0.1) is 0 Å². The summed E-state index contributed by atoms with van der Waals surface area (Å²) in [6, 6.07) is 13.3. The van der Waals surface area contributed by atoms with E-state index < -0.39 is 0 Å². The zero-order chi connectivity index (χ0) is 16.9. The molecular formula is C19H20N2O3. The fraction of sp³-hybridized carbons (Fsp3) is 0.263. The van der Waals surface area contributed by atoms with E-state index in [9.17, 15) is 9.59 Å². The van der Waals surface area contributed by atoms with Crippen LogP contribution in [-0.2, 0) is 22.4 Å². The molecule has 5 nitrogen and oxygen atoms in total. The summed E-state index contributed by atoms with van der Waals surface area (Å²) in [5, 5.41) is 5.75. The first kappa shape index (κ1) is 16.1. The molecule has 0 fully saturated rings. The van der Waals surface area contributed by atoms with Crippen molar-refractivity contribution in [2.24, 2.45) is 0 Å². The van der Waals surface area contributed by atoms with Gasteiger partial charge in [-0.2, -0.15) is 0 Å². The lowest BCUT2D eigenvalue weighted by Crippen LogP contribution is -2.19. The Labute approximate surface area is 141 Å². The molecular weight excluding hydrogens is 304 g/mol. The molecule has 0 atom stereocenters. The van der Waals surface area contributed by atoms with Gasteiger partial charge in [0.25, 0.3) is 0 Å². The first-order valence-corrected chi connectivity index (χ1v) is 8.00. The quantitative estimate of drug-likeness (QED) is 0.888. The van der Waals surface area contributed by atoms with Crippen molar-refractivity contribution in [3.05, 3.63) is 53.6 Å². The van der Waals surface area contributed by atoms with E-state index in [0.717, 1.165) is 28.3 Å². The van der Waals surface area contributed by atoms with Gasteiger partial charge in [0.1, 0.15) is 5.75 Å². The van der Waals surface area contributed by atoms with Crippen LogP contribution >= 0.6 is 0 Å². The summed E-state index contributed by atoms with van der Waals surface area (Å²) in [5.41, 5.74) is 3.66. The van der Waals surface area contributed by atoms with Gasteiger partial charge >= 0.3 is 0 Å². The summed E-state index contributed by atoms with van der Waals surface area (Å²) in [6.07, 6.45) is 2.19. The van der Waals surface area contributed by atoms with Crippen LogP contribution in [0.15, 0.2) is 42.5 Å². The molecule has 1 heterocycles. The van der Waals surface area contributed by atoms with Gasteiger partial charge in [-0.25, -0.2) is 0 Å². The third-order valence-electron chi connectivity index (χ3n) is 4.10. The Kier molecular flexibility index (Phi) is 4.79. The van der Waals surface area contributed by atoms with E-state index >= 15 is 0 Å². The molecule has 0 bridgehead atoms. The number of hydrogen-bond acceptors (Lipinski definition) is 3. The maximum absolute atomic E-state index is 12.2. The van der Waals surface area contributed by atoms with Gasteiger partial charge in [0.2, 0.25) is 11.8 Å². The summed E-state index contributed by atoms with van der Waals surface area (Å²) >= 11 is 0. The van der Waals surface area contributed by atoms with Crippen LogP contribution < -0.4 is 15.4 Å². The lowest BCUT2D eigenvalue weighted by atomic mass is 10.0. The SMILES string of the molecule is COc1ccccc1CCC(=O)Nc1ccc2c(c1)CCC(=O)N2. The van der Waals surface area contributed by atoms with Gasteiger partial charge in [0.05, 0.1) is 7.11 Å². The lowest BCUT2D eigenvalue weighted by Gasteiger charge is -2.17. The number of benzene rings is 2. The van der Waals surface area contributed by atoms with Crippen LogP contribution in [0.5, 0.6) is 5.75 Å². The number of rotatable bonds is 5. The smallest absolute Gasteiger partial charge is 0.224 e. The fourth-order valence-corrected chi connectivity index (χ4v) is 2.84. The number of carbonyl (C=O) groups excluding carboxylic acids is 2. The Morgan fingerprint density at radius 2 is 2.04 bits per heavy atom. The van der Waals surface area contributed by atoms with Crippen LogP contribution in [0.3, 0.4) is 0 Å². The maximum Gasteiger partial charge on any atom is 0.224 e. The number of carbonyl (C=O) groups is 2. The maximum atomic E-state index is 12.2. The van der Waals surface area contributed by atoms with Crippen LogP contribution in [0.1, 0.15) is 24.0 Å². The van der Waals surface area contributed by atoms with E-state index in [2.05, 4.69) is 10.6 Å². The zero-order valence-electron chi connectivity index (χ0n) is 13.6. The first-order chi connectivity index (χ1) is 11.7. The predicted molar refractivity (Wildman–Crippen MR) is 93.3 cm³/mol. The molecule has 1 aliphatic heterocycles. The third kappa shape index (κ3) is 3.74. The minimum Gasteiger partial charge on any atom is -0.496 e. The van der Waals surface area contributed by atoms with E-state index in [1.165, 1.54) is 0 Å². The van der Waals surface area contributed by atoms with Gasteiger partial charge in [0.15, 0.2) is 0 Å². The normalized spacial score (nSPS) is 13.0. The van der Waals surface area contributed by atoms with Crippen molar-refractivity contribution >= 4 is 23.2 Å². The molecule has 5 heteroatoms. The number of anilines is 2. The molecule has 2 amide bonds. The van der Waals surface area contributed by atoms with Crippen molar-refractivity contribution in [2.75, 3.05) is 17.7 Å². The summed E-state index contributed by atoms with van der Waals surface area (Å²) in [4.78, 5) is 23.6. The first-order valence-electron chi connectivity index (χ1n) is 8.00. The number of nitrogens with one attached hydrogen (secondary N) is 2. The average Bonchev–Trinajstić information content (AvgIpc) is 2.60. The number of fused-ring (bicyclic) bond motifs is 1. The number of aryl methyl sites for hydroxylation is 2.